The Kier molecular flexibility index (Phi) is 2.17. The van der Waals surface area contributed by atoms with Crippen LogP contribution in [0.4, 0.5) is 0 Å². The zero-order valence-corrected chi connectivity index (χ0v) is 9.72. The first-order valence-corrected chi connectivity index (χ1v) is 5.75. The van der Waals surface area contributed by atoms with Crippen molar-refractivity contribution in [3.8, 4) is 0 Å². The molecular formula is C10H14ClNS. The van der Waals surface area contributed by atoms with Crippen molar-refractivity contribution in [3.05, 3.63) is 20.8 Å². The Labute approximate surface area is 88.1 Å². The van der Waals surface area contributed by atoms with Crippen molar-refractivity contribution in [2.24, 2.45) is 0 Å². The van der Waals surface area contributed by atoms with E-state index in [1.165, 1.54) is 10.4 Å². The third-order valence-electron chi connectivity index (χ3n) is 2.70. The topological polar surface area (TPSA) is 12.0 Å². The monoisotopic (exact) mass is 215 g/mol. The Morgan fingerprint density at radius 1 is 1.62 bits per heavy atom. The highest BCUT2D eigenvalue weighted by Crippen LogP contribution is 2.41. The Balaban J connectivity index is 2.54. The highest BCUT2D eigenvalue weighted by atomic mass is 35.5. The highest BCUT2D eigenvalue weighted by Gasteiger charge is 2.32. The van der Waals surface area contributed by atoms with E-state index in [1.54, 1.807) is 11.3 Å². The summed E-state index contributed by atoms with van der Waals surface area (Å²) in [6, 6.07) is 2.10. The molecule has 1 nitrogen and oxygen atoms in total. The summed E-state index contributed by atoms with van der Waals surface area (Å²) in [4.78, 5) is 1.45. The summed E-state index contributed by atoms with van der Waals surface area (Å²) in [6.45, 7) is 7.71. The Bertz CT molecular complexity index is 330. The van der Waals surface area contributed by atoms with Gasteiger partial charge in [0.25, 0.3) is 0 Å². The quantitative estimate of drug-likeness (QED) is 0.700. The van der Waals surface area contributed by atoms with Crippen molar-refractivity contribution in [1.82, 2.24) is 5.32 Å². The van der Waals surface area contributed by atoms with E-state index in [2.05, 4.69) is 32.2 Å². The number of nitrogens with one attached hydrogen (secondary N) is 1. The molecule has 1 aromatic rings. The van der Waals surface area contributed by atoms with Gasteiger partial charge in [-0.1, -0.05) is 18.5 Å². The first-order valence-electron chi connectivity index (χ1n) is 4.55. The van der Waals surface area contributed by atoms with Gasteiger partial charge in [0.2, 0.25) is 0 Å². The molecule has 72 valence electrons. The smallest absolute Gasteiger partial charge is 0.0934 e. The summed E-state index contributed by atoms with van der Waals surface area (Å²) in [5.41, 5.74) is 1.46. The van der Waals surface area contributed by atoms with Crippen molar-refractivity contribution in [2.75, 3.05) is 6.54 Å². The molecule has 1 unspecified atom stereocenters. The van der Waals surface area contributed by atoms with Crippen LogP contribution in [0.3, 0.4) is 0 Å². The summed E-state index contributed by atoms with van der Waals surface area (Å²) in [6.07, 6.45) is 0. The number of hydrogen-bond donors (Lipinski definition) is 1. The Morgan fingerprint density at radius 3 is 2.92 bits per heavy atom. The van der Waals surface area contributed by atoms with Crippen LogP contribution in [0, 0.1) is 0 Å². The second kappa shape index (κ2) is 2.97. The lowest BCUT2D eigenvalue weighted by Crippen LogP contribution is -2.42. The van der Waals surface area contributed by atoms with E-state index in [0.29, 0.717) is 5.92 Å². The first-order chi connectivity index (χ1) is 6.00. The number of hydrogen-bond acceptors (Lipinski definition) is 2. The first kappa shape index (κ1) is 9.50. The normalized spacial score (nSPS) is 25.7. The van der Waals surface area contributed by atoms with Gasteiger partial charge in [-0.25, -0.2) is 0 Å². The highest BCUT2D eigenvalue weighted by molar-refractivity contribution is 7.16. The molecule has 0 aromatic carbocycles. The minimum atomic E-state index is 0.0888. The molecule has 0 bridgehead atoms. The van der Waals surface area contributed by atoms with E-state index in [4.69, 9.17) is 11.6 Å². The zero-order valence-electron chi connectivity index (χ0n) is 8.15. The van der Waals surface area contributed by atoms with Gasteiger partial charge in [-0.2, -0.15) is 0 Å². The van der Waals surface area contributed by atoms with Crippen LogP contribution in [0.15, 0.2) is 6.07 Å². The molecule has 2 heterocycles. The van der Waals surface area contributed by atoms with Crippen molar-refractivity contribution in [1.29, 1.82) is 0 Å². The Morgan fingerprint density at radius 2 is 2.31 bits per heavy atom. The molecule has 0 amide bonds. The van der Waals surface area contributed by atoms with Gasteiger partial charge < -0.3 is 5.32 Å². The van der Waals surface area contributed by atoms with Gasteiger partial charge >= 0.3 is 0 Å². The van der Waals surface area contributed by atoms with E-state index in [0.717, 1.165) is 10.9 Å². The van der Waals surface area contributed by atoms with Gasteiger partial charge in [0, 0.05) is 22.9 Å². The molecule has 13 heavy (non-hydrogen) atoms. The van der Waals surface area contributed by atoms with E-state index >= 15 is 0 Å². The summed E-state index contributed by atoms with van der Waals surface area (Å²) in [5.74, 6) is 0.598. The fraction of sp³-hybridized carbons (Fsp3) is 0.600. The summed E-state index contributed by atoms with van der Waals surface area (Å²) < 4.78 is 0.911. The fourth-order valence-corrected chi connectivity index (χ4v) is 3.28. The molecule has 0 radical (unpaired) electrons. The molecule has 1 N–H and O–H groups in total. The molecule has 2 rings (SSSR count). The van der Waals surface area contributed by atoms with Crippen LogP contribution in [-0.2, 0) is 5.54 Å². The maximum atomic E-state index is 6.03. The minimum absolute atomic E-state index is 0.0888. The molecular weight excluding hydrogens is 202 g/mol. The standard InChI is InChI=1S/C10H14ClNS/c1-6-5-12-10(2,3)7-4-8(11)13-9(6)7/h4,6,12H,5H2,1-3H3. The van der Waals surface area contributed by atoms with Gasteiger partial charge in [0.15, 0.2) is 0 Å². The lowest BCUT2D eigenvalue weighted by molar-refractivity contribution is 0.365. The molecule has 0 saturated carbocycles. The summed E-state index contributed by atoms with van der Waals surface area (Å²) in [7, 11) is 0. The van der Waals surface area contributed by atoms with Gasteiger partial charge in [0.1, 0.15) is 0 Å². The second-order valence-corrected chi connectivity index (χ2v) is 5.95. The lowest BCUT2D eigenvalue weighted by atomic mass is 9.87. The van der Waals surface area contributed by atoms with E-state index in [9.17, 15) is 0 Å². The molecule has 0 aliphatic carbocycles. The number of rotatable bonds is 0. The average molecular weight is 216 g/mol. The van der Waals surface area contributed by atoms with Gasteiger partial charge in [-0.05, 0) is 25.5 Å². The molecule has 1 aliphatic rings. The molecule has 0 fully saturated rings. The van der Waals surface area contributed by atoms with Crippen molar-refractivity contribution in [3.63, 3.8) is 0 Å². The average Bonchev–Trinajstić information content (AvgIpc) is 2.42. The van der Waals surface area contributed by atoms with Crippen molar-refractivity contribution in [2.45, 2.75) is 32.2 Å². The predicted octanol–water partition coefficient (Wildman–Crippen LogP) is 3.34. The van der Waals surface area contributed by atoms with Gasteiger partial charge in [0.05, 0.1) is 4.34 Å². The molecule has 0 saturated heterocycles. The Hall–Kier alpha value is -0.0500. The van der Waals surface area contributed by atoms with Crippen LogP contribution in [0.1, 0.15) is 37.1 Å². The van der Waals surface area contributed by atoms with Crippen LogP contribution in [0.5, 0.6) is 0 Å². The number of halogens is 1. The van der Waals surface area contributed by atoms with Gasteiger partial charge in [-0.15, -0.1) is 11.3 Å². The molecule has 3 heteroatoms. The van der Waals surface area contributed by atoms with Crippen LogP contribution in [0.25, 0.3) is 0 Å². The van der Waals surface area contributed by atoms with Crippen LogP contribution in [-0.4, -0.2) is 6.54 Å². The number of fused-ring (bicyclic) bond motifs is 1. The third-order valence-corrected chi connectivity index (χ3v) is 4.20. The molecule has 1 atom stereocenters. The molecule has 1 aromatic heterocycles. The second-order valence-electron chi connectivity index (χ2n) is 4.24. The number of thiophene rings is 1. The van der Waals surface area contributed by atoms with Crippen molar-refractivity contribution < 1.29 is 0 Å². The van der Waals surface area contributed by atoms with Crippen LogP contribution < -0.4 is 5.32 Å². The maximum Gasteiger partial charge on any atom is 0.0934 e. The maximum absolute atomic E-state index is 6.03. The van der Waals surface area contributed by atoms with Crippen molar-refractivity contribution >= 4 is 22.9 Å². The summed E-state index contributed by atoms with van der Waals surface area (Å²) in [5, 5.41) is 3.53. The minimum Gasteiger partial charge on any atom is -0.307 e. The molecule has 0 spiro atoms. The fourth-order valence-electron chi connectivity index (χ4n) is 1.82. The van der Waals surface area contributed by atoms with E-state index < -0.39 is 0 Å². The largest absolute Gasteiger partial charge is 0.307 e. The van der Waals surface area contributed by atoms with E-state index in [-0.39, 0.29) is 5.54 Å². The summed E-state index contributed by atoms with van der Waals surface area (Å²) >= 11 is 7.76. The zero-order chi connectivity index (χ0) is 9.64. The van der Waals surface area contributed by atoms with Crippen LogP contribution in [0.2, 0.25) is 4.34 Å². The van der Waals surface area contributed by atoms with Gasteiger partial charge in [-0.3, -0.25) is 0 Å². The third kappa shape index (κ3) is 1.51. The lowest BCUT2D eigenvalue weighted by Gasteiger charge is -2.34. The molecule has 1 aliphatic heterocycles. The predicted molar refractivity (Wildman–Crippen MR) is 58.8 cm³/mol. The van der Waals surface area contributed by atoms with E-state index in [1.807, 2.05) is 0 Å². The van der Waals surface area contributed by atoms with Crippen LogP contribution >= 0.6 is 22.9 Å². The SMILES string of the molecule is CC1CNC(C)(C)c2cc(Cl)sc21.